The molecule has 0 amide bonds. The molecule has 0 heterocycles. The van der Waals surface area contributed by atoms with Crippen molar-refractivity contribution in [3.8, 4) is 0 Å². The monoisotopic (exact) mass is 350 g/mol. The molecule has 0 aromatic rings. The minimum Gasteiger partial charge on any atom is -0.481 e. The van der Waals surface area contributed by atoms with E-state index in [1.54, 1.807) is 0 Å². The van der Waals surface area contributed by atoms with Crippen LogP contribution in [0.1, 0.15) is 77.6 Å². The molecule has 0 saturated carbocycles. The highest BCUT2D eigenvalue weighted by molar-refractivity contribution is 5.66. The van der Waals surface area contributed by atoms with Gasteiger partial charge in [0.15, 0.2) is 0 Å². The van der Waals surface area contributed by atoms with Gasteiger partial charge in [0.2, 0.25) is 0 Å². The highest BCUT2D eigenvalue weighted by atomic mass is 16.5. The maximum atomic E-state index is 10.8. The van der Waals surface area contributed by atoms with Crippen molar-refractivity contribution in [2.75, 3.05) is 0 Å². The number of ether oxygens (including phenoxy) is 1. The van der Waals surface area contributed by atoms with Crippen molar-refractivity contribution < 1.29 is 19.4 Å². The normalized spacial score (nSPS) is 23.0. The summed E-state index contributed by atoms with van der Waals surface area (Å²) >= 11 is 0. The highest BCUT2D eigenvalue weighted by Gasteiger charge is 2.25. The standard InChI is InChI=1S/C21H34O4/c1-2-3-4-9-12-19-15-14-18(16-20(19)25-17-22)11-8-6-5-7-10-13-21(23)24/h9,12,14-15,17-20H,2-8,10-11,13,16H2,1H3,(H,23,24). The largest absolute Gasteiger partial charge is 0.481 e. The third-order valence-corrected chi connectivity index (χ3v) is 4.85. The van der Waals surface area contributed by atoms with E-state index in [1.165, 1.54) is 12.8 Å². The number of aliphatic carboxylic acids is 1. The van der Waals surface area contributed by atoms with Gasteiger partial charge in [0.25, 0.3) is 6.47 Å². The second kappa shape index (κ2) is 13.7. The van der Waals surface area contributed by atoms with E-state index in [0.29, 0.717) is 12.4 Å². The zero-order chi connectivity index (χ0) is 18.3. The summed E-state index contributed by atoms with van der Waals surface area (Å²) in [6.07, 6.45) is 19.7. The van der Waals surface area contributed by atoms with Gasteiger partial charge in [-0.25, -0.2) is 0 Å². The first-order chi connectivity index (χ1) is 12.2. The average Bonchev–Trinajstić information content (AvgIpc) is 2.59. The van der Waals surface area contributed by atoms with E-state index in [1.807, 2.05) is 0 Å². The van der Waals surface area contributed by atoms with Crippen LogP contribution in [-0.2, 0) is 14.3 Å². The molecule has 4 nitrogen and oxygen atoms in total. The van der Waals surface area contributed by atoms with E-state index < -0.39 is 5.97 Å². The Hall–Kier alpha value is -1.58. The predicted molar refractivity (Wildman–Crippen MR) is 100 cm³/mol. The lowest BCUT2D eigenvalue weighted by Gasteiger charge is -2.29. The number of carbonyl (C=O) groups excluding carboxylic acids is 1. The van der Waals surface area contributed by atoms with Crippen molar-refractivity contribution in [1.82, 2.24) is 0 Å². The summed E-state index contributed by atoms with van der Waals surface area (Å²) in [5.74, 6) is -0.0227. The Bertz CT molecular complexity index is 428. The molecule has 0 bridgehead atoms. The fourth-order valence-corrected chi connectivity index (χ4v) is 3.35. The first kappa shape index (κ1) is 21.5. The maximum Gasteiger partial charge on any atom is 0.303 e. The molecule has 4 heteroatoms. The summed E-state index contributed by atoms with van der Waals surface area (Å²) in [6.45, 7) is 2.76. The van der Waals surface area contributed by atoms with Gasteiger partial charge in [-0.2, -0.15) is 0 Å². The number of hydrogen-bond acceptors (Lipinski definition) is 3. The van der Waals surface area contributed by atoms with E-state index in [0.717, 1.165) is 51.4 Å². The molecule has 3 unspecified atom stereocenters. The van der Waals surface area contributed by atoms with Crippen molar-refractivity contribution in [3.63, 3.8) is 0 Å². The second-order valence-electron chi connectivity index (χ2n) is 7.00. The summed E-state index contributed by atoms with van der Waals surface area (Å²) in [6, 6.07) is 0. The van der Waals surface area contributed by atoms with Crippen molar-refractivity contribution in [2.45, 2.75) is 83.7 Å². The lowest BCUT2D eigenvalue weighted by Crippen LogP contribution is -2.27. The third-order valence-electron chi connectivity index (χ3n) is 4.85. The number of allylic oxidation sites excluding steroid dienone is 2. The molecule has 3 atom stereocenters. The Morgan fingerprint density at radius 2 is 1.92 bits per heavy atom. The van der Waals surface area contributed by atoms with Crippen LogP contribution in [0.25, 0.3) is 0 Å². The molecule has 0 aromatic heterocycles. The number of hydrogen-bond donors (Lipinski definition) is 1. The summed E-state index contributed by atoms with van der Waals surface area (Å²) in [5.41, 5.74) is 0. The maximum absolute atomic E-state index is 10.8. The Morgan fingerprint density at radius 1 is 1.16 bits per heavy atom. The molecular formula is C21H34O4. The molecule has 1 rings (SSSR count). The van der Waals surface area contributed by atoms with Crippen LogP contribution in [0.3, 0.4) is 0 Å². The minimum absolute atomic E-state index is 0.0408. The Labute approximate surface area is 152 Å². The first-order valence-corrected chi connectivity index (χ1v) is 9.83. The minimum atomic E-state index is -0.702. The molecule has 1 N–H and O–H groups in total. The number of carbonyl (C=O) groups is 2. The Balaban J connectivity index is 2.28. The topological polar surface area (TPSA) is 63.6 Å². The fraction of sp³-hybridized carbons (Fsp3) is 0.714. The molecular weight excluding hydrogens is 316 g/mol. The molecule has 0 fully saturated rings. The lowest BCUT2D eigenvalue weighted by atomic mass is 9.83. The average molecular weight is 350 g/mol. The van der Waals surface area contributed by atoms with Gasteiger partial charge < -0.3 is 9.84 Å². The number of rotatable bonds is 14. The SMILES string of the molecule is CCCCC=CC1C=CC(CCCCCCCC(=O)O)CC1OC=O. The van der Waals surface area contributed by atoms with Crippen LogP contribution in [-0.4, -0.2) is 23.7 Å². The van der Waals surface area contributed by atoms with Crippen molar-refractivity contribution >= 4 is 12.4 Å². The fourth-order valence-electron chi connectivity index (χ4n) is 3.35. The van der Waals surface area contributed by atoms with Crippen LogP contribution >= 0.6 is 0 Å². The van der Waals surface area contributed by atoms with E-state index in [-0.39, 0.29) is 18.4 Å². The number of carboxylic acid groups (broad SMARTS) is 1. The van der Waals surface area contributed by atoms with E-state index in [2.05, 4.69) is 31.2 Å². The van der Waals surface area contributed by atoms with E-state index >= 15 is 0 Å². The first-order valence-electron chi connectivity index (χ1n) is 9.83. The lowest BCUT2D eigenvalue weighted by molar-refractivity contribution is -0.137. The summed E-state index contributed by atoms with van der Waals surface area (Å²) in [7, 11) is 0. The number of carboxylic acids is 1. The quantitative estimate of drug-likeness (QED) is 0.263. The predicted octanol–water partition coefficient (Wildman–Crippen LogP) is 5.28. The summed E-state index contributed by atoms with van der Waals surface area (Å²) in [5, 5.41) is 8.61. The molecule has 142 valence electrons. The Morgan fingerprint density at radius 3 is 2.64 bits per heavy atom. The van der Waals surface area contributed by atoms with Gasteiger partial charge >= 0.3 is 5.97 Å². The van der Waals surface area contributed by atoms with Gasteiger partial charge in [-0.3, -0.25) is 9.59 Å². The highest BCUT2D eigenvalue weighted by Crippen LogP contribution is 2.29. The van der Waals surface area contributed by atoms with Crippen LogP contribution in [0.15, 0.2) is 24.3 Å². The van der Waals surface area contributed by atoms with E-state index in [4.69, 9.17) is 9.84 Å². The van der Waals surface area contributed by atoms with Crippen LogP contribution in [0.5, 0.6) is 0 Å². The van der Waals surface area contributed by atoms with Gasteiger partial charge in [-0.05, 0) is 31.6 Å². The molecule has 25 heavy (non-hydrogen) atoms. The van der Waals surface area contributed by atoms with Crippen LogP contribution < -0.4 is 0 Å². The smallest absolute Gasteiger partial charge is 0.303 e. The second-order valence-corrected chi connectivity index (χ2v) is 7.00. The van der Waals surface area contributed by atoms with Crippen LogP contribution in [0.2, 0.25) is 0 Å². The van der Waals surface area contributed by atoms with Crippen molar-refractivity contribution in [1.29, 1.82) is 0 Å². The molecule has 0 radical (unpaired) electrons. The number of unbranched alkanes of at least 4 members (excludes halogenated alkanes) is 6. The van der Waals surface area contributed by atoms with Crippen LogP contribution in [0.4, 0.5) is 0 Å². The third kappa shape index (κ3) is 10.1. The van der Waals surface area contributed by atoms with Gasteiger partial charge in [0, 0.05) is 12.3 Å². The van der Waals surface area contributed by atoms with Crippen LogP contribution in [0, 0.1) is 11.8 Å². The molecule has 1 aliphatic carbocycles. The van der Waals surface area contributed by atoms with Crippen molar-refractivity contribution in [2.24, 2.45) is 11.8 Å². The molecule has 1 aliphatic rings. The Kier molecular flexibility index (Phi) is 11.7. The van der Waals surface area contributed by atoms with Gasteiger partial charge in [-0.15, -0.1) is 0 Å². The van der Waals surface area contributed by atoms with Crippen molar-refractivity contribution in [3.05, 3.63) is 24.3 Å². The van der Waals surface area contributed by atoms with Gasteiger partial charge in [0.1, 0.15) is 6.10 Å². The summed E-state index contributed by atoms with van der Waals surface area (Å²) < 4.78 is 5.33. The summed E-state index contributed by atoms with van der Waals surface area (Å²) in [4.78, 5) is 21.3. The molecule has 0 saturated heterocycles. The molecule has 0 aliphatic heterocycles. The zero-order valence-electron chi connectivity index (χ0n) is 15.6. The van der Waals surface area contributed by atoms with E-state index in [9.17, 15) is 9.59 Å². The zero-order valence-corrected chi connectivity index (χ0v) is 15.6. The molecule has 0 aromatic carbocycles. The van der Waals surface area contributed by atoms with Gasteiger partial charge in [-0.1, -0.05) is 69.8 Å². The molecule has 0 spiro atoms. The van der Waals surface area contributed by atoms with Gasteiger partial charge in [0.05, 0.1) is 0 Å².